The van der Waals surface area contributed by atoms with Crippen molar-refractivity contribution >= 4 is 17.9 Å². The number of nitrogens with zero attached hydrogens (tertiary/aromatic N) is 2. The van der Waals surface area contributed by atoms with Crippen LogP contribution in [-0.4, -0.2) is 53.4 Å². The Bertz CT molecular complexity index is 600. The summed E-state index contributed by atoms with van der Waals surface area (Å²) in [7, 11) is 0. The highest BCUT2D eigenvalue weighted by molar-refractivity contribution is 5.98. The molecule has 2 atom stereocenters. The van der Waals surface area contributed by atoms with Gasteiger partial charge in [0, 0.05) is 13.1 Å². The molecular weight excluding hydrogens is 296 g/mol. The van der Waals surface area contributed by atoms with Gasteiger partial charge in [-0.15, -0.1) is 0 Å². The molecule has 2 fully saturated rings. The van der Waals surface area contributed by atoms with Gasteiger partial charge in [0.25, 0.3) is 5.91 Å². The van der Waals surface area contributed by atoms with Gasteiger partial charge in [-0.2, -0.15) is 0 Å². The second kappa shape index (κ2) is 6.40. The van der Waals surface area contributed by atoms with Crippen LogP contribution < -0.4 is 0 Å². The number of benzene rings is 1. The second-order valence-electron chi connectivity index (χ2n) is 5.92. The van der Waals surface area contributed by atoms with E-state index in [9.17, 15) is 14.4 Å². The lowest BCUT2D eigenvalue weighted by Crippen LogP contribution is -2.42. The van der Waals surface area contributed by atoms with Crippen LogP contribution in [0.25, 0.3) is 0 Å². The average molecular weight is 316 g/mol. The highest BCUT2D eigenvalue weighted by Gasteiger charge is 2.42. The maximum atomic E-state index is 12.8. The number of carbonyl (C=O) groups excluding carboxylic acids is 3. The lowest BCUT2D eigenvalue weighted by Gasteiger charge is -2.24. The molecule has 3 rings (SSSR count). The summed E-state index contributed by atoms with van der Waals surface area (Å²) in [6.45, 7) is 2.75. The van der Waals surface area contributed by atoms with Crippen molar-refractivity contribution in [1.29, 1.82) is 0 Å². The molecule has 1 aromatic carbocycles. The summed E-state index contributed by atoms with van der Waals surface area (Å²) in [6, 6.07) is 9.43. The highest BCUT2D eigenvalue weighted by atomic mass is 16.6. The Morgan fingerprint density at radius 2 is 2.04 bits per heavy atom. The molecule has 0 spiro atoms. The molecule has 2 unspecified atom stereocenters. The first-order valence-corrected chi connectivity index (χ1v) is 7.94. The molecule has 2 aliphatic heterocycles. The van der Waals surface area contributed by atoms with Crippen molar-refractivity contribution in [2.45, 2.75) is 31.7 Å². The highest BCUT2D eigenvalue weighted by Crippen LogP contribution is 2.26. The van der Waals surface area contributed by atoms with Gasteiger partial charge in [0.15, 0.2) is 6.61 Å². The van der Waals surface area contributed by atoms with Crippen LogP contribution in [0.3, 0.4) is 0 Å². The molecule has 0 radical (unpaired) electrons. The summed E-state index contributed by atoms with van der Waals surface area (Å²) in [5, 5.41) is 0. The molecule has 0 aliphatic carbocycles. The Kier molecular flexibility index (Phi) is 4.32. The van der Waals surface area contributed by atoms with Crippen LogP contribution in [0, 0.1) is 0 Å². The van der Waals surface area contributed by atoms with Gasteiger partial charge in [-0.1, -0.05) is 37.3 Å². The molecule has 23 heavy (non-hydrogen) atoms. The first-order chi connectivity index (χ1) is 11.1. The summed E-state index contributed by atoms with van der Waals surface area (Å²) in [6.07, 6.45) is 0.733. The first-order valence-electron chi connectivity index (χ1n) is 7.94. The van der Waals surface area contributed by atoms with Gasteiger partial charge in [0.2, 0.25) is 5.91 Å². The summed E-state index contributed by atoms with van der Waals surface area (Å²) in [4.78, 5) is 39.1. The summed E-state index contributed by atoms with van der Waals surface area (Å²) in [5.41, 5.74) is 1.00. The standard InChI is InChI=1S/C17H20N2O4/c1-2-14(12-6-4-3-5-7-12)16(21)18-9-8-13(10-18)19-15(20)11-23-17(19)22/h3-7,13-14H,2,8-11H2,1H3. The molecule has 6 heteroatoms. The molecular formula is C17H20N2O4. The van der Waals surface area contributed by atoms with E-state index in [1.54, 1.807) is 4.90 Å². The molecule has 122 valence electrons. The summed E-state index contributed by atoms with van der Waals surface area (Å²) in [5.74, 6) is -0.443. The van der Waals surface area contributed by atoms with Crippen molar-refractivity contribution in [3.05, 3.63) is 35.9 Å². The van der Waals surface area contributed by atoms with E-state index in [0.29, 0.717) is 25.9 Å². The van der Waals surface area contributed by atoms with E-state index in [2.05, 4.69) is 0 Å². The minimum Gasteiger partial charge on any atom is -0.439 e. The molecule has 0 bridgehead atoms. The largest absolute Gasteiger partial charge is 0.439 e. The average Bonchev–Trinajstić information content (AvgIpc) is 3.16. The lowest BCUT2D eigenvalue weighted by molar-refractivity contribution is -0.133. The maximum Gasteiger partial charge on any atom is 0.417 e. The van der Waals surface area contributed by atoms with E-state index in [0.717, 1.165) is 10.5 Å². The minimum absolute atomic E-state index is 0.0567. The van der Waals surface area contributed by atoms with Crippen LogP contribution in [0.15, 0.2) is 30.3 Å². The van der Waals surface area contributed by atoms with Crippen LogP contribution in [0.5, 0.6) is 0 Å². The van der Waals surface area contributed by atoms with Crippen molar-refractivity contribution in [1.82, 2.24) is 9.80 Å². The van der Waals surface area contributed by atoms with Gasteiger partial charge >= 0.3 is 6.09 Å². The smallest absolute Gasteiger partial charge is 0.417 e. The minimum atomic E-state index is -0.593. The number of carbonyl (C=O) groups is 3. The van der Waals surface area contributed by atoms with E-state index >= 15 is 0 Å². The molecule has 0 aromatic heterocycles. The second-order valence-corrected chi connectivity index (χ2v) is 5.92. The van der Waals surface area contributed by atoms with Crippen LogP contribution in [-0.2, 0) is 14.3 Å². The van der Waals surface area contributed by atoms with Crippen LogP contribution in [0.2, 0.25) is 0 Å². The van der Waals surface area contributed by atoms with Gasteiger partial charge in [0.1, 0.15) is 0 Å². The molecule has 0 N–H and O–H groups in total. The van der Waals surface area contributed by atoms with E-state index in [-0.39, 0.29) is 30.4 Å². The van der Waals surface area contributed by atoms with Gasteiger partial charge in [-0.05, 0) is 18.4 Å². The number of hydrogen-bond donors (Lipinski definition) is 0. The first kappa shape index (κ1) is 15.5. The van der Waals surface area contributed by atoms with Gasteiger partial charge in [0.05, 0.1) is 12.0 Å². The van der Waals surface area contributed by atoms with Crippen molar-refractivity contribution in [2.24, 2.45) is 0 Å². The Labute approximate surface area is 135 Å². The number of hydrogen-bond acceptors (Lipinski definition) is 4. The number of amides is 3. The van der Waals surface area contributed by atoms with Gasteiger partial charge in [-0.25, -0.2) is 9.69 Å². The van der Waals surface area contributed by atoms with E-state index in [1.165, 1.54) is 0 Å². The number of likely N-dealkylation sites (tertiary alicyclic amines) is 1. The third-order valence-corrected chi connectivity index (χ3v) is 4.53. The Balaban J connectivity index is 1.69. The number of ether oxygens (including phenoxy) is 1. The molecule has 0 saturated carbocycles. The van der Waals surface area contributed by atoms with Crippen molar-refractivity contribution in [2.75, 3.05) is 19.7 Å². The fraction of sp³-hybridized carbons (Fsp3) is 0.471. The third-order valence-electron chi connectivity index (χ3n) is 4.53. The molecule has 6 nitrogen and oxygen atoms in total. The van der Waals surface area contributed by atoms with Gasteiger partial charge < -0.3 is 9.64 Å². The lowest BCUT2D eigenvalue weighted by atomic mass is 9.95. The van der Waals surface area contributed by atoms with Crippen molar-refractivity contribution < 1.29 is 19.1 Å². The quantitative estimate of drug-likeness (QED) is 0.849. The topological polar surface area (TPSA) is 66.9 Å². The molecule has 2 aliphatic rings. The fourth-order valence-electron chi connectivity index (χ4n) is 3.33. The van der Waals surface area contributed by atoms with Crippen LogP contribution in [0.1, 0.15) is 31.2 Å². The number of imide groups is 1. The normalized spacial score (nSPS) is 22.4. The van der Waals surface area contributed by atoms with E-state index in [1.807, 2.05) is 37.3 Å². The number of cyclic esters (lactones) is 1. The molecule has 2 heterocycles. The van der Waals surface area contributed by atoms with Gasteiger partial charge in [-0.3, -0.25) is 9.59 Å². The Morgan fingerprint density at radius 1 is 1.30 bits per heavy atom. The predicted octanol–water partition coefficient (Wildman–Crippen LogP) is 1.76. The Morgan fingerprint density at radius 3 is 2.65 bits per heavy atom. The van der Waals surface area contributed by atoms with Crippen LogP contribution >= 0.6 is 0 Å². The molecule has 3 amide bonds. The summed E-state index contributed by atoms with van der Waals surface area (Å²) >= 11 is 0. The monoisotopic (exact) mass is 316 g/mol. The van der Waals surface area contributed by atoms with Crippen molar-refractivity contribution in [3.63, 3.8) is 0 Å². The molecule has 2 saturated heterocycles. The zero-order valence-electron chi connectivity index (χ0n) is 13.1. The fourth-order valence-corrected chi connectivity index (χ4v) is 3.33. The van der Waals surface area contributed by atoms with Crippen LogP contribution in [0.4, 0.5) is 4.79 Å². The van der Waals surface area contributed by atoms with Crippen molar-refractivity contribution in [3.8, 4) is 0 Å². The Hall–Kier alpha value is -2.37. The molecule has 1 aromatic rings. The zero-order chi connectivity index (χ0) is 16.4. The zero-order valence-corrected chi connectivity index (χ0v) is 13.1. The maximum absolute atomic E-state index is 12.8. The third kappa shape index (κ3) is 2.93. The predicted molar refractivity (Wildman–Crippen MR) is 82.7 cm³/mol. The summed E-state index contributed by atoms with van der Waals surface area (Å²) < 4.78 is 4.76. The van der Waals surface area contributed by atoms with E-state index < -0.39 is 6.09 Å². The number of rotatable bonds is 4. The van der Waals surface area contributed by atoms with E-state index in [4.69, 9.17) is 4.74 Å². The SMILES string of the molecule is CCC(C(=O)N1CCC(N2C(=O)COC2=O)C1)c1ccccc1.